The number of hydrogen-bond acceptors (Lipinski definition) is 0. The molecule has 0 saturated carbocycles. The first kappa shape index (κ1) is 22.8. The maximum atomic E-state index is 2.66. The summed E-state index contributed by atoms with van der Waals surface area (Å²) in [6.07, 6.45) is 5.52. The Balaban J connectivity index is 1.89. The minimum atomic E-state index is -3.00. The fourth-order valence-electron chi connectivity index (χ4n) is 8.28. The summed E-state index contributed by atoms with van der Waals surface area (Å²) in [6.45, 7) is 15.3. The Morgan fingerprint density at radius 2 is 1.09 bits per heavy atom. The molecule has 4 bridgehead atoms. The summed E-state index contributed by atoms with van der Waals surface area (Å²) < 4.78 is 4.68. The molecule has 0 N–H and O–H groups in total. The van der Waals surface area contributed by atoms with Gasteiger partial charge in [0.15, 0.2) is 0 Å². The van der Waals surface area contributed by atoms with Crippen molar-refractivity contribution in [2.45, 2.75) is 82.2 Å². The van der Waals surface area contributed by atoms with Gasteiger partial charge in [-0.1, -0.05) is 0 Å². The van der Waals surface area contributed by atoms with Crippen molar-refractivity contribution in [1.82, 2.24) is 0 Å². The van der Waals surface area contributed by atoms with Crippen molar-refractivity contribution in [2.24, 2.45) is 0 Å². The van der Waals surface area contributed by atoms with Crippen molar-refractivity contribution in [1.29, 1.82) is 0 Å². The fraction of sp³-hybridized carbons (Fsp3) is 0.467. The predicted molar refractivity (Wildman–Crippen MR) is 140 cm³/mol. The van der Waals surface area contributed by atoms with E-state index in [9.17, 15) is 0 Å². The summed E-state index contributed by atoms with van der Waals surface area (Å²) in [5.41, 5.74) is 10.4. The number of fused-ring (bicyclic) bond motifs is 8. The zero-order valence-corrected chi connectivity index (χ0v) is 25.6. The SMILES string of the molecule is CCC[CH2][Hf]1([CH2]CCC)[CH]2C(C)=C(c3ccccc32)[Si](C)(C)C2=C(C)[CH]1c1ccccc12. The zero-order chi connectivity index (χ0) is 22.7. The van der Waals surface area contributed by atoms with E-state index in [1.807, 2.05) is 11.1 Å². The van der Waals surface area contributed by atoms with Crippen LogP contribution >= 0.6 is 0 Å². The van der Waals surface area contributed by atoms with Crippen molar-refractivity contribution >= 4 is 18.5 Å². The van der Waals surface area contributed by atoms with Gasteiger partial charge in [0, 0.05) is 0 Å². The number of unbranched alkanes of at least 4 members (excludes halogenated alkanes) is 2. The molecule has 2 atom stereocenters. The van der Waals surface area contributed by atoms with Gasteiger partial charge in [-0.05, 0) is 0 Å². The maximum absolute atomic E-state index is 3.00. The third-order valence-electron chi connectivity index (χ3n) is 9.13. The minimum absolute atomic E-state index is 0.784. The van der Waals surface area contributed by atoms with Crippen LogP contribution in [0.1, 0.15) is 83.0 Å². The molecule has 0 radical (unpaired) electrons. The molecule has 5 rings (SSSR count). The van der Waals surface area contributed by atoms with Gasteiger partial charge >= 0.3 is 203 Å². The van der Waals surface area contributed by atoms with Gasteiger partial charge < -0.3 is 0 Å². The molecule has 1 aliphatic heterocycles. The molecule has 1 heterocycles. The molecule has 2 aromatic rings. The van der Waals surface area contributed by atoms with E-state index in [-0.39, 0.29) is 0 Å². The molecule has 2 aromatic carbocycles. The number of hydrogen-bond donors (Lipinski definition) is 0. The Morgan fingerprint density at radius 1 is 0.688 bits per heavy atom. The number of rotatable bonds is 6. The number of benzene rings is 2. The zero-order valence-electron chi connectivity index (χ0n) is 21.0. The molecule has 2 unspecified atom stereocenters. The van der Waals surface area contributed by atoms with Crippen molar-refractivity contribution in [3.05, 3.63) is 81.9 Å². The van der Waals surface area contributed by atoms with Crippen molar-refractivity contribution in [3.63, 3.8) is 0 Å². The average molecular weight is 607 g/mol. The Morgan fingerprint density at radius 3 is 1.50 bits per heavy atom. The monoisotopic (exact) mass is 608 g/mol. The Bertz CT molecular complexity index is 1030. The van der Waals surface area contributed by atoms with Gasteiger partial charge in [0.2, 0.25) is 0 Å². The van der Waals surface area contributed by atoms with E-state index in [4.69, 9.17) is 0 Å². The summed E-state index contributed by atoms with van der Waals surface area (Å²) in [5, 5.41) is 3.61. The summed E-state index contributed by atoms with van der Waals surface area (Å²) in [5.74, 6) is 0. The first-order chi connectivity index (χ1) is 15.4. The molecule has 168 valence electrons. The Kier molecular flexibility index (Phi) is 5.94. The number of allylic oxidation sites excluding steroid dienone is 2. The molecule has 0 nitrogen and oxygen atoms in total. The van der Waals surface area contributed by atoms with Crippen molar-refractivity contribution in [2.75, 3.05) is 0 Å². The van der Waals surface area contributed by atoms with Crippen LogP contribution in [0.3, 0.4) is 0 Å². The molecule has 3 aliphatic rings. The Hall–Kier alpha value is -0.993. The van der Waals surface area contributed by atoms with E-state index in [0.717, 1.165) is 7.35 Å². The second-order valence-electron chi connectivity index (χ2n) is 11.2. The van der Waals surface area contributed by atoms with Crippen LogP contribution in [0.4, 0.5) is 0 Å². The van der Waals surface area contributed by atoms with Gasteiger partial charge in [-0.2, -0.15) is 0 Å². The standard InChI is InChI=1S/C22H22Si.2C4H9.Hf/c1-15-13-17-9-5-7-11-19(17)21(15)23(3,4)22-16(2)14-18-10-6-8-12-20(18)22;2*1-3-4-2;/h5-14H,1-4H3;2*1,3-4H2,2H3;. The van der Waals surface area contributed by atoms with Crippen molar-refractivity contribution in [3.8, 4) is 0 Å². The quantitative estimate of drug-likeness (QED) is 0.287. The van der Waals surface area contributed by atoms with E-state index < -0.39 is 28.0 Å². The molecule has 2 aliphatic carbocycles. The van der Waals surface area contributed by atoms with Crippen LogP contribution in [0.25, 0.3) is 10.4 Å². The van der Waals surface area contributed by atoms with Crippen LogP contribution in [-0.2, 0) is 20.0 Å². The molecular weight excluding hydrogens is 567 g/mol. The summed E-state index contributed by atoms with van der Waals surface area (Å²) in [6, 6.07) is 19.3. The van der Waals surface area contributed by atoms with Crippen LogP contribution in [0.15, 0.2) is 59.7 Å². The van der Waals surface area contributed by atoms with Gasteiger partial charge in [-0.3, -0.25) is 0 Å². The third kappa shape index (κ3) is 3.01. The van der Waals surface area contributed by atoms with Gasteiger partial charge in [-0.25, -0.2) is 0 Å². The van der Waals surface area contributed by atoms with E-state index in [2.05, 4.69) is 89.3 Å². The van der Waals surface area contributed by atoms with Gasteiger partial charge in [0.05, 0.1) is 0 Å². The molecule has 0 fully saturated rings. The third-order valence-corrected chi connectivity index (χ3v) is 35.8. The summed E-state index contributed by atoms with van der Waals surface area (Å²) in [7, 11) is -1.81. The molecule has 0 aromatic heterocycles. The summed E-state index contributed by atoms with van der Waals surface area (Å²) in [4.78, 5) is 0. The normalized spacial score (nSPS) is 24.3. The predicted octanol–water partition coefficient (Wildman–Crippen LogP) is 9.43. The Labute approximate surface area is 201 Å². The molecule has 32 heavy (non-hydrogen) atoms. The van der Waals surface area contributed by atoms with Crippen LogP contribution in [-0.4, -0.2) is 8.07 Å². The average Bonchev–Trinajstić information content (AvgIpc) is 3.26. The molecule has 2 heteroatoms. The van der Waals surface area contributed by atoms with Gasteiger partial charge in [0.25, 0.3) is 0 Å². The van der Waals surface area contributed by atoms with Crippen molar-refractivity contribution < 1.29 is 20.0 Å². The van der Waals surface area contributed by atoms with Crippen LogP contribution in [0.5, 0.6) is 0 Å². The topological polar surface area (TPSA) is 0 Å². The first-order valence-corrected chi connectivity index (χ1v) is 25.2. The molecule has 0 saturated heterocycles. The van der Waals surface area contributed by atoms with E-state index in [1.165, 1.54) is 25.7 Å². The second kappa shape index (κ2) is 8.34. The molecule has 0 spiro atoms. The second-order valence-corrected chi connectivity index (χ2v) is 32.1. The van der Waals surface area contributed by atoms with Gasteiger partial charge in [-0.15, -0.1) is 0 Å². The van der Waals surface area contributed by atoms with Crippen LogP contribution in [0, 0.1) is 0 Å². The summed E-state index contributed by atoms with van der Waals surface area (Å²) >= 11 is -3.00. The molecule has 0 amide bonds. The van der Waals surface area contributed by atoms with Gasteiger partial charge in [0.1, 0.15) is 0 Å². The van der Waals surface area contributed by atoms with Crippen LogP contribution < -0.4 is 0 Å². The van der Waals surface area contributed by atoms with E-state index in [1.54, 1.807) is 41.0 Å². The molecular formula is C30H40HfSi. The fourth-order valence-corrected chi connectivity index (χ4v) is 40.6. The van der Waals surface area contributed by atoms with E-state index >= 15 is 0 Å². The first-order valence-electron chi connectivity index (χ1n) is 13.0. The van der Waals surface area contributed by atoms with Crippen LogP contribution in [0.2, 0.25) is 21.4 Å². The van der Waals surface area contributed by atoms with E-state index in [0.29, 0.717) is 0 Å².